The maximum Gasteiger partial charge on any atom is 0.240 e. The third-order valence-electron chi connectivity index (χ3n) is 2.54. The first-order valence-corrected chi connectivity index (χ1v) is 7.08. The summed E-state index contributed by atoms with van der Waals surface area (Å²) in [5.41, 5.74) is 0.865. The molecule has 0 saturated carbocycles. The smallest absolute Gasteiger partial charge is 0.240 e. The number of nitrogens with zero attached hydrogens (tertiary/aromatic N) is 3. The number of rotatable bonds is 4. The number of carbonyl (C=O) groups excluding carboxylic acids is 1. The predicted molar refractivity (Wildman–Crippen MR) is 64.0 cm³/mol. The van der Waals surface area contributed by atoms with Crippen LogP contribution in [0.25, 0.3) is 0 Å². The van der Waals surface area contributed by atoms with Gasteiger partial charge >= 0.3 is 0 Å². The molecule has 0 spiro atoms. The Labute approximate surface area is 101 Å². The van der Waals surface area contributed by atoms with Crippen molar-refractivity contribution in [1.82, 2.24) is 14.7 Å². The van der Waals surface area contributed by atoms with Crippen molar-refractivity contribution in [1.29, 1.82) is 0 Å². The Kier molecular flexibility index (Phi) is 3.92. The van der Waals surface area contributed by atoms with Crippen LogP contribution in [0, 0.1) is 0 Å². The summed E-state index contributed by atoms with van der Waals surface area (Å²) in [5.74, 6) is -0.406. The van der Waals surface area contributed by atoms with Gasteiger partial charge in [0.15, 0.2) is 9.84 Å². The highest BCUT2D eigenvalue weighted by Crippen LogP contribution is 2.07. The van der Waals surface area contributed by atoms with Gasteiger partial charge < -0.3 is 4.90 Å². The molecule has 0 aromatic carbocycles. The summed E-state index contributed by atoms with van der Waals surface area (Å²) in [4.78, 5) is 13.2. The molecule has 1 heterocycles. The minimum Gasteiger partial charge on any atom is -0.340 e. The van der Waals surface area contributed by atoms with Crippen LogP contribution < -0.4 is 0 Å². The van der Waals surface area contributed by atoms with Crippen molar-refractivity contribution in [3.63, 3.8) is 0 Å². The molecule has 0 radical (unpaired) electrons. The fourth-order valence-corrected chi connectivity index (χ4v) is 1.95. The zero-order valence-corrected chi connectivity index (χ0v) is 11.2. The number of aryl methyl sites for hydroxylation is 1. The van der Waals surface area contributed by atoms with Gasteiger partial charge in [-0.15, -0.1) is 0 Å². The van der Waals surface area contributed by atoms with Gasteiger partial charge in [0.1, 0.15) is 5.25 Å². The Morgan fingerprint density at radius 3 is 2.59 bits per heavy atom. The molecule has 0 fully saturated rings. The van der Waals surface area contributed by atoms with Crippen LogP contribution >= 0.6 is 0 Å². The topological polar surface area (TPSA) is 72.3 Å². The van der Waals surface area contributed by atoms with Gasteiger partial charge in [-0.25, -0.2) is 8.42 Å². The molecule has 0 N–H and O–H groups in total. The molecular weight excluding hydrogens is 242 g/mol. The molecule has 0 bridgehead atoms. The van der Waals surface area contributed by atoms with Crippen molar-refractivity contribution in [2.45, 2.75) is 18.7 Å². The Bertz CT molecular complexity index is 507. The zero-order chi connectivity index (χ0) is 13.2. The van der Waals surface area contributed by atoms with Gasteiger partial charge in [-0.1, -0.05) is 0 Å². The molecule has 0 aliphatic carbocycles. The van der Waals surface area contributed by atoms with E-state index in [1.54, 1.807) is 31.2 Å². The van der Waals surface area contributed by atoms with Crippen molar-refractivity contribution in [2.75, 3.05) is 13.3 Å². The van der Waals surface area contributed by atoms with E-state index in [-0.39, 0.29) is 0 Å². The van der Waals surface area contributed by atoms with Crippen molar-refractivity contribution in [3.8, 4) is 0 Å². The lowest BCUT2D eigenvalue weighted by Crippen LogP contribution is -2.38. The number of aromatic nitrogens is 2. The summed E-state index contributed by atoms with van der Waals surface area (Å²) < 4.78 is 24.2. The molecule has 0 unspecified atom stereocenters. The van der Waals surface area contributed by atoms with E-state index >= 15 is 0 Å². The lowest BCUT2D eigenvalue weighted by Gasteiger charge is -2.19. The largest absolute Gasteiger partial charge is 0.340 e. The minimum atomic E-state index is -3.35. The number of sulfone groups is 1. The summed E-state index contributed by atoms with van der Waals surface area (Å²) in [5, 5.41) is 2.97. The highest BCUT2D eigenvalue weighted by Gasteiger charge is 2.26. The van der Waals surface area contributed by atoms with Crippen molar-refractivity contribution in [3.05, 3.63) is 18.0 Å². The van der Waals surface area contributed by atoms with E-state index in [2.05, 4.69) is 5.10 Å². The molecule has 1 aromatic heterocycles. The lowest BCUT2D eigenvalue weighted by molar-refractivity contribution is -0.129. The van der Waals surface area contributed by atoms with Gasteiger partial charge in [-0.3, -0.25) is 9.48 Å². The Balaban J connectivity index is 2.71. The molecule has 6 nitrogen and oxygen atoms in total. The van der Waals surface area contributed by atoms with Gasteiger partial charge in [0.2, 0.25) is 5.91 Å². The van der Waals surface area contributed by atoms with Crippen molar-refractivity contribution in [2.24, 2.45) is 7.05 Å². The molecule has 17 heavy (non-hydrogen) atoms. The first kappa shape index (κ1) is 13.7. The van der Waals surface area contributed by atoms with Gasteiger partial charge in [-0.2, -0.15) is 5.10 Å². The lowest BCUT2D eigenvalue weighted by atomic mass is 10.3. The van der Waals surface area contributed by atoms with Gasteiger partial charge in [0.05, 0.1) is 6.20 Å². The van der Waals surface area contributed by atoms with E-state index in [1.165, 1.54) is 11.8 Å². The second-order valence-corrected chi connectivity index (χ2v) is 6.55. The summed E-state index contributed by atoms with van der Waals surface area (Å²) in [6, 6.07) is 0. The minimum absolute atomic E-state index is 0.354. The molecule has 1 rings (SSSR count). The quantitative estimate of drug-likeness (QED) is 0.751. The molecule has 0 aliphatic heterocycles. The molecule has 7 heteroatoms. The summed E-state index contributed by atoms with van der Waals surface area (Å²) in [6.07, 6.45) is 4.50. The van der Waals surface area contributed by atoms with Crippen LogP contribution in [0.15, 0.2) is 12.4 Å². The van der Waals surface area contributed by atoms with Crippen LogP contribution in [0.3, 0.4) is 0 Å². The first-order chi connectivity index (χ1) is 7.71. The van der Waals surface area contributed by atoms with E-state index in [0.717, 1.165) is 11.8 Å². The SMILES string of the molecule is C[C@H](C(=O)N(C)Cc1cnn(C)c1)S(C)(=O)=O. The summed E-state index contributed by atoms with van der Waals surface area (Å²) in [6.45, 7) is 1.75. The molecule has 96 valence electrons. The van der Waals surface area contributed by atoms with Crippen LogP contribution in [-0.2, 0) is 28.2 Å². The Morgan fingerprint density at radius 1 is 1.59 bits per heavy atom. The number of hydrogen-bond donors (Lipinski definition) is 0. The molecule has 0 saturated heterocycles. The van der Waals surface area contributed by atoms with Crippen LogP contribution in [0.4, 0.5) is 0 Å². The van der Waals surface area contributed by atoms with Gasteiger partial charge in [-0.05, 0) is 6.92 Å². The van der Waals surface area contributed by atoms with E-state index in [0.29, 0.717) is 6.54 Å². The zero-order valence-electron chi connectivity index (χ0n) is 10.4. The standard InChI is InChI=1S/C10H17N3O3S/c1-8(17(4,15)16)10(14)12(2)6-9-5-11-13(3)7-9/h5,7-8H,6H2,1-4H3/t8-/m1/s1. The molecule has 1 atom stereocenters. The first-order valence-electron chi connectivity index (χ1n) is 5.13. The second-order valence-electron chi connectivity index (χ2n) is 4.19. The van der Waals surface area contributed by atoms with E-state index in [9.17, 15) is 13.2 Å². The van der Waals surface area contributed by atoms with Gasteiger partial charge in [0.25, 0.3) is 0 Å². The Hall–Kier alpha value is -1.37. The van der Waals surface area contributed by atoms with Gasteiger partial charge in [0, 0.05) is 38.7 Å². The Morgan fingerprint density at radius 2 is 2.18 bits per heavy atom. The van der Waals surface area contributed by atoms with E-state index in [4.69, 9.17) is 0 Å². The third-order valence-corrected chi connectivity index (χ3v) is 4.03. The maximum absolute atomic E-state index is 11.8. The van der Waals surface area contributed by atoms with Crippen molar-refractivity contribution >= 4 is 15.7 Å². The van der Waals surface area contributed by atoms with Crippen LogP contribution in [0.1, 0.15) is 12.5 Å². The molecule has 1 aromatic rings. The third kappa shape index (κ3) is 3.55. The fourth-order valence-electron chi connectivity index (χ4n) is 1.40. The van der Waals surface area contributed by atoms with E-state index in [1.807, 2.05) is 0 Å². The molecular formula is C10H17N3O3S. The molecule has 1 amide bonds. The van der Waals surface area contributed by atoms with Crippen LogP contribution in [-0.4, -0.2) is 47.6 Å². The highest BCUT2D eigenvalue weighted by molar-refractivity contribution is 7.92. The summed E-state index contributed by atoms with van der Waals surface area (Å²) in [7, 11) is 0.0164. The molecule has 0 aliphatic rings. The maximum atomic E-state index is 11.8. The van der Waals surface area contributed by atoms with Crippen LogP contribution in [0.5, 0.6) is 0 Å². The number of carbonyl (C=O) groups is 1. The fraction of sp³-hybridized carbons (Fsp3) is 0.600. The monoisotopic (exact) mass is 259 g/mol. The average Bonchev–Trinajstić information content (AvgIpc) is 2.60. The normalized spacial score (nSPS) is 13.4. The number of amides is 1. The highest BCUT2D eigenvalue weighted by atomic mass is 32.2. The second kappa shape index (κ2) is 4.87. The average molecular weight is 259 g/mol. The summed E-state index contributed by atoms with van der Waals surface area (Å²) >= 11 is 0. The van der Waals surface area contributed by atoms with Crippen molar-refractivity contribution < 1.29 is 13.2 Å². The number of hydrogen-bond acceptors (Lipinski definition) is 4. The van der Waals surface area contributed by atoms with Crippen LogP contribution in [0.2, 0.25) is 0 Å². The predicted octanol–water partition coefficient (Wildman–Crippen LogP) is -0.188. The van der Waals surface area contributed by atoms with E-state index < -0.39 is 21.0 Å².